The summed E-state index contributed by atoms with van der Waals surface area (Å²) in [6, 6.07) is 13.0. The van der Waals surface area contributed by atoms with Crippen LogP contribution < -0.4 is 10.9 Å². The third-order valence-electron chi connectivity index (χ3n) is 4.10. The summed E-state index contributed by atoms with van der Waals surface area (Å²) in [5.41, 5.74) is 1.94. The van der Waals surface area contributed by atoms with Gasteiger partial charge in [-0.15, -0.1) is 5.10 Å². The molecule has 28 heavy (non-hydrogen) atoms. The van der Waals surface area contributed by atoms with Crippen molar-refractivity contribution in [1.29, 1.82) is 0 Å². The number of hydrogen-bond donors (Lipinski definition) is 1. The van der Waals surface area contributed by atoms with Crippen LogP contribution in [0.4, 0.5) is 10.1 Å². The lowest BCUT2D eigenvalue weighted by molar-refractivity contribution is -0.116. The number of hydrogen-bond acceptors (Lipinski definition) is 5. The van der Waals surface area contributed by atoms with Gasteiger partial charge in [0.25, 0.3) is 5.56 Å². The number of carbonyl (C=O) groups is 1. The molecule has 0 fully saturated rings. The minimum atomic E-state index is -0.488. The first-order valence-electron chi connectivity index (χ1n) is 8.44. The highest BCUT2D eigenvalue weighted by atomic mass is 19.1. The van der Waals surface area contributed by atoms with Crippen molar-refractivity contribution in [1.82, 2.24) is 24.5 Å². The van der Waals surface area contributed by atoms with E-state index >= 15 is 0 Å². The van der Waals surface area contributed by atoms with Gasteiger partial charge in [-0.25, -0.2) is 9.37 Å². The first-order valence-corrected chi connectivity index (χ1v) is 8.44. The molecule has 4 rings (SSSR count). The molecule has 0 aliphatic carbocycles. The van der Waals surface area contributed by atoms with E-state index in [1.165, 1.54) is 29.2 Å². The molecule has 2 aromatic heterocycles. The molecule has 2 aromatic carbocycles. The van der Waals surface area contributed by atoms with E-state index in [1.54, 1.807) is 6.07 Å². The normalized spacial score (nSPS) is 10.9. The van der Waals surface area contributed by atoms with E-state index in [9.17, 15) is 14.0 Å². The number of carbonyl (C=O) groups excluding carboxylic acids is 1. The SMILES string of the molecule is Cc1cccc(-n2nnc3c(=O)n(CC(=O)Nc4cccc(F)c4)cnc32)c1. The van der Waals surface area contributed by atoms with Gasteiger partial charge in [0.05, 0.1) is 5.69 Å². The number of nitrogens with zero attached hydrogens (tertiary/aromatic N) is 5. The predicted molar refractivity (Wildman–Crippen MR) is 101 cm³/mol. The monoisotopic (exact) mass is 378 g/mol. The number of fused-ring (bicyclic) bond motifs is 1. The van der Waals surface area contributed by atoms with Crippen molar-refractivity contribution in [2.24, 2.45) is 0 Å². The summed E-state index contributed by atoms with van der Waals surface area (Å²) in [6.07, 6.45) is 1.27. The Hall–Kier alpha value is -3.88. The fourth-order valence-corrected chi connectivity index (χ4v) is 2.81. The molecule has 0 spiro atoms. The lowest BCUT2D eigenvalue weighted by Crippen LogP contribution is -2.28. The fourth-order valence-electron chi connectivity index (χ4n) is 2.81. The summed E-state index contributed by atoms with van der Waals surface area (Å²) >= 11 is 0. The molecule has 0 bridgehead atoms. The van der Waals surface area contributed by atoms with Gasteiger partial charge in [-0.1, -0.05) is 23.4 Å². The van der Waals surface area contributed by atoms with E-state index in [1.807, 2.05) is 31.2 Å². The van der Waals surface area contributed by atoms with Crippen LogP contribution in [0.2, 0.25) is 0 Å². The maximum atomic E-state index is 13.2. The Labute approximate surface area is 158 Å². The van der Waals surface area contributed by atoms with Crippen LogP contribution >= 0.6 is 0 Å². The molecule has 0 aliphatic rings. The van der Waals surface area contributed by atoms with Crippen molar-refractivity contribution < 1.29 is 9.18 Å². The predicted octanol–water partition coefficient (Wildman–Crippen LogP) is 2.06. The van der Waals surface area contributed by atoms with Crippen LogP contribution in [0.3, 0.4) is 0 Å². The molecule has 0 saturated carbocycles. The maximum absolute atomic E-state index is 13.2. The molecule has 0 saturated heterocycles. The standard InChI is InChI=1S/C19H15FN6O2/c1-12-4-2-7-15(8-12)26-18-17(23-24-26)19(28)25(11-21-18)10-16(27)22-14-6-3-5-13(20)9-14/h2-9,11H,10H2,1H3,(H,22,27). The molecular formula is C19H15FN6O2. The quantitative estimate of drug-likeness (QED) is 0.587. The number of aryl methyl sites for hydroxylation is 1. The summed E-state index contributed by atoms with van der Waals surface area (Å²) in [5.74, 6) is -0.953. The Morgan fingerprint density at radius 2 is 2.00 bits per heavy atom. The molecule has 8 nitrogen and oxygen atoms in total. The molecular weight excluding hydrogens is 363 g/mol. The van der Waals surface area contributed by atoms with Gasteiger partial charge < -0.3 is 5.32 Å². The third-order valence-corrected chi connectivity index (χ3v) is 4.10. The summed E-state index contributed by atoms with van der Waals surface area (Å²) in [7, 11) is 0. The average Bonchev–Trinajstić information content (AvgIpc) is 3.09. The zero-order valence-corrected chi connectivity index (χ0v) is 14.8. The van der Waals surface area contributed by atoms with Crippen LogP contribution in [-0.4, -0.2) is 30.5 Å². The highest BCUT2D eigenvalue weighted by Crippen LogP contribution is 2.13. The molecule has 0 aliphatic heterocycles. The van der Waals surface area contributed by atoms with Gasteiger partial charge in [0.1, 0.15) is 18.7 Å². The van der Waals surface area contributed by atoms with Gasteiger partial charge in [-0.05, 0) is 42.8 Å². The number of anilines is 1. The first kappa shape index (κ1) is 17.5. The summed E-state index contributed by atoms with van der Waals surface area (Å²) in [5, 5.41) is 10.5. The highest BCUT2D eigenvalue weighted by Gasteiger charge is 2.15. The molecule has 1 N–H and O–H groups in total. The molecule has 0 unspecified atom stereocenters. The zero-order valence-electron chi connectivity index (χ0n) is 14.8. The topological polar surface area (TPSA) is 94.7 Å². The number of amides is 1. The van der Waals surface area contributed by atoms with Gasteiger partial charge in [0, 0.05) is 5.69 Å². The van der Waals surface area contributed by atoms with Crippen LogP contribution in [0.1, 0.15) is 5.56 Å². The second-order valence-electron chi connectivity index (χ2n) is 6.25. The van der Waals surface area contributed by atoms with Gasteiger partial charge in [0.2, 0.25) is 5.91 Å². The molecule has 4 aromatic rings. The van der Waals surface area contributed by atoms with Crippen LogP contribution in [0.25, 0.3) is 16.9 Å². The molecule has 140 valence electrons. The number of aromatic nitrogens is 5. The second-order valence-corrected chi connectivity index (χ2v) is 6.25. The zero-order chi connectivity index (χ0) is 19.7. The van der Waals surface area contributed by atoms with Crippen molar-refractivity contribution in [3.8, 4) is 5.69 Å². The minimum absolute atomic E-state index is 0.0579. The minimum Gasteiger partial charge on any atom is -0.324 e. The van der Waals surface area contributed by atoms with Crippen LogP contribution in [-0.2, 0) is 11.3 Å². The Morgan fingerprint density at radius 3 is 2.79 bits per heavy atom. The summed E-state index contributed by atoms with van der Waals surface area (Å²) in [6.45, 7) is 1.66. The van der Waals surface area contributed by atoms with E-state index in [-0.39, 0.29) is 12.1 Å². The first-order chi connectivity index (χ1) is 13.5. The number of halogens is 1. The van der Waals surface area contributed by atoms with Crippen LogP contribution in [0, 0.1) is 12.7 Å². The van der Waals surface area contributed by atoms with Crippen molar-refractivity contribution in [3.63, 3.8) is 0 Å². The van der Waals surface area contributed by atoms with Crippen molar-refractivity contribution in [2.75, 3.05) is 5.32 Å². The van der Waals surface area contributed by atoms with Gasteiger partial charge in [0.15, 0.2) is 11.2 Å². The number of benzene rings is 2. The van der Waals surface area contributed by atoms with Gasteiger partial charge in [-0.3, -0.25) is 14.2 Å². The number of rotatable bonds is 4. The molecule has 2 heterocycles. The van der Waals surface area contributed by atoms with E-state index in [0.717, 1.165) is 15.8 Å². The molecule has 0 radical (unpaired) electrons. The lowest BCUT2D eigenvalue weighted by atomic mass is 10.2. The maximum Gasteiger partial charge on any atom is 0.284 e. The van der Waals surface area contributed by atoms with E-state index < -0.39 is 17.3 Å². The smallest absolute Gasteiger partial charge is 0.284 e. The highest BCUT2D eigenvalue weighted by molar-refractivity contribution is 5.90. The second kappa shape index (κ2) is 7.03. The molecule has 1 amide bonds. The van der Waals surface area contributed by atoms with E-state index in [4.69, 9.17) is 0 Å². The molecule has 9 heteroatoms. The average molecular weight is 378 g/mol. The van der Waals surface area contributed by atoms with Crippen LogP contribution in [0.15, 0.2) is 59.7 Å². The molecule has 0 atom stereocenters. The number of nitrogens with one attached hydrogen (secondary N) is 1. The van der Waals surface area contributed by atoms with Crippen molar-refractivity contribution >= 4 is 22.8 Å². The Kier molecular flexibility index (Phi) is 4.40. The summed E-state index contributed by atoms with van der Waals surface area (Å²) in [4.78, 5) is 29.1. The Bertz CT molecular complexity index is 1250. The third kappa shape index (κ3) is 3.37. The van der Waals surface area contributed by atoms with Crippen molar-refractivity contribution in [3.05, 3.63) is 76.6 Å². The lowest BCUT2D eigenvalue weighted by Gasteiger charge is -2.07. The van der Waals surface area contributed by atoms with Gasteiger partial charge >= 0.3 is 0 Å². The largest absolute Gasteiger partial charge is 0.324 e. The van der Waals surface area contributed by atoms with E-state index in [0.29, 0.717) is 11.3 Å². The Morgan fingerprint density at radius 1 is 1.18 bits per heavy atom. The fraction of sp³-hybridized carbons (Fsp3) is 0.105. The van der Waals surface area contributed by atoms with E-state index in [2.05, 4.69) is 20.6 Å². The van der Waals surface area contributed by atoms with Crippen molar-refractivity contribution in [2.45, 2.75) is 13.5 Å². The summed E-state index contributed by atoms with van der Waals surface area (Å²) < 4.78 is 15.8. The van der Waals surface area contributed by atoms with Crippen LogP contribution in [0.5, 0.6) is 0 Å². The van der Waals surface area contributed by atoms with Gasteiger partial charge in [-0.2, -0.15) is 4.68 Å². The Balaban J connectivity index is 1.62.